The van der Waals surface area contributed by atoms with Gasteiger partial charge in [0.25, 0.3) is 0 Å². The first-order valence-electron chi connectivity index (χ1n) is 7.34. The number of amides is 2. The SMILES string of the molecule is Cc1ccc(F)c(NC(=O)Cc2csc(N3CCCC3=O)n2)c1. The summed E-state index contributed by atoms with van der Waals surface area (Å²) in [4.78, 5) is 29.7. The highest BCUT2D eigenvalue weighted by molar-refractivity contribution is 7.14. The molecule has 3 rings (SSSR count). The predicted molar refractivity (Wildman–Crippen MR) is 87.2 cm³/mol. The summed E-state index contributed by atoms with van der Waals surface area (Å²) >= 11 is 1.34. The largest absolute Gasteiger partial charge is 0.323 e. The molecule has 0 unspecified atom stereocenters. The second-order valence-corrected chi connectivity index (χ2v) is 6.32. The molecule has 1 aromatic carbocycles. The number of nitrogens with one attached hydrogen (secondary N) is 1. The molecule has 120 valence electrons. The van der Waals surface area contributed by atoms with Crippen LogP contribution >= 0.6 is 11.3 Å². The molecule has 0 aliphatic carbocycles. The molecule has 2 heterocycles. The van der Waals surface area contributed by atoms with E-state index in [1.54, 1.807) is 22.4 Å². The number of aryl methyl sites for hydroxylation is 1. The first-order chi connectivity index (χ1) is 11.0. The van der Waals surface area contributed by atoms with E-state index in [0.29, 0.717) is 23.8 Å². The summed E-state index contributed by atoms with van der Waals surface area (Å²) in [6.45, 7) is 2.50. The molecule has 1 N–H and O–H groups in total. The molecule has 7 heteroatoms. The van der Waals surface area contributed by atoms with Gasteiger partial charge < -0.3 is 5.32 Å². The van der Waals surface area contributed by atoms with E-state index in [1.807, 2.05) is 6.92 Å². The first kappa shape index (κ1) is 15.6. The van der Waals surface area contributed by atoms with Crippen molar-refractivity contribution < 1.29 is 14.0 Å². The number of thiazole rings is 1. The standard InChI is InChI=1S/C16H16FN3O2S/c1-10-4-5-12(17)13(7-10)19-14(21)8-11-9-23-16(18-11)20-6-2-3-15(20)22/h4-5,7,9H,2-3,6,8H2,1H3,(H,19,21). The number of hydrogen-bond donors (Lipinski definition) is 1. The van der Waals surface area contributed by atoms with Gasteiger partial charge >= 0.3 is 0 Å². The second kappa shape index (κ2) is 6.45. The Labute approximate surface area is 137 Å². The van der Waals surface area contributed by atoms with Crippen LogP contribution in [-0.4, -0.2) is 23.3 Å². The molecular formula is C16H16FN3O2S. The van der Waals surface area contributed by atoms with Gasteiger partial charge in [0, 0.05) is 18.3 Å². The Morgan fingerprint density at radius 1 is 1.48 bits per heavy atom. The van der Waals surface area contributed by atoms with Crippen LogP contribution in [0.4, 0.5) is 15.2 Å². The number of halogens is 1. The van der Waals surface area contributed by atoms with Gasteiger partial charge in [-0.3, -0.25) is 14.5 Å². The third kappa shape index (κ3) is 3.56. The molecule has 0 atom stereocenters. The van der Waals surface area contributed by atoms with Crippen molar-refractivity contribution in [3.63, 3.8) is 0 Å². The number of benzene rings is 1. The highest BCUT2D eigenvalue weighted by Crippen LogP contribution is 2.25. The molecule has 0 saturated carbocycles. The average Bonchev–Trinajstić information content (AvgIpc) is 3.11. The average molecular weight is 333 g/mol. The Morgan fingerprint density at radius 2 is 2.30 bits per heavy atom. The summed E-state index contributed by atoms with van der Waals surface area (Å²) in [6.07, 6.45) is 1.43. The molecule has 1 aliphatic rings. The van der Waals surface area contributed by atoms with Gasteiger partial charge in [0.15, 0.2) is 5.13 Å². The topological polar surface area (TPSA) is 62.3 Å². The van der Waals surface area contributed by atoms with Gasteiger partial charge in [0.1, 0.15) is 5.82 Å². The van der Waals surface area contributed by atoms with Gasteiger partial charge in [-0.15, -0.1) is 11.3 Å². The normalized spacial score (nSPS) is 14.3. The van der Waals surface area contributed by atoms with Crippen molar-refractivity contribution in [1.29, 1.82) is 0 Å². The Morgan fingerprint density at radius 3 is 3.04 bits per heavy atom. The van der Waals surface area contributed by atoms with E-state index in [4.69, 9.17) is 0 Å². The van der Waals surface area contributed by atoms with E-state index in [0.717, 1.165) is 12.0 Å². The van der Waals surface area contributed by atoms with Crippen LogP contribution in [0.1, 0.15) is 24.1 Å². The van der Waals surface area contributed by atoms with Gasteiger partial charge in [-0.1, -0.05) is 6.07 Å². The Hall–Kier alpha value is -2.28. The number of rotatable bonds is 4. The fourth-order valence-corrected chi connectivity index (χ4v) is 3.31. The highest BCUT2D eigenvalue weighted by atomic mass is 32.1. The minimum atomic E-state index is -0.467. The smallest absolute Gasteiger partial charge is 0.230 e. The van der Waals surface area contributed by atoms with Crippen LogP contribution in [0, 0.1) is 12.7 Å². The lowest BCUT2D eigenvalue weighted by Gasteiger charge is -2.10. The van der Waals surface area contributed by atoms with Crippen molar-refractivity contribution in [2.45, 2.75) is 26.2 Å². The van der Waals surface area contributed by atoms with E-state index in [9.17, 15) is 14.0 Å². The van der Waals surface area contributed by atoms with Crippen molar-refractivity contribution in [3.05, 3.63) is 40.7 Å². The summed E-state index contributed by atoms with van der Waals surface area (Å²) in [5, 5.41) is 4.94. The molecule has 1 aromatic heterocycles. The van der Waals surface area contributed by atoms with Gasteiger partial charge in [-0.25, -0.2) is 9.37 Å². The molecule has 1 fully saturated rings. The quantitative estimate of drug-likeness (QED) is 0.936. The Bertz CT molecular complexity index is 760. The van der Waals surface area contributed by atoms with E-state index in [-0.39, 0.29) is 23.9 Å². The predicted octanol–water partition coefficient (Wildman–Crippen LogP) is 2.90. The van der Waals surface area contributed by atoms with Crippen LogP contribution in [0.2, 0.25) is 0 Å². The lowest BCUT2D eigenvalue weighted by atomic mass is 10.2. The highest BCUT2D eigenvalue weighted by Gasteiger charge is 2.24. The van der Waals surface area contributed by atoms with E-state index in [2.05, 4.69) is 10.3 Å². The maximum absolute atomic E-state index is 13.6. The lowest BCUT2D eigenvalue weighted by Crippen LogP contribution is -2.23. The van der Waals surface area contributed by atoms with Crippen LogP contribution < -0.4 is 10.2 Å². The van der Waals surface area contributed by atoms with Crippen molar-refractivity contribution in [2.75, 3.05) is 16.8 Å². The molecule has 23 heavy (non-hydrogen) atoms. The number of carbonyl (C=O) groups excluding carboxylic acids is 2. The summed E-state index contributed by atoms with van der Waals surface area (Å²) < 4.78 is 13.6. The van der Waals surface area contributed by atoms with Crippen molar-refractivity contribution in [1.82, 2.24) is 4.98 Å². The monoisotopic (exact) mass is 333 g/mol. The second-order valence-electron chi connectivity index (χ2n) is 5.48. The van der Waals surface area contributed by atoms with Crippen molar-refractivity contribution in [3.8, 4) is 0 Å². The number of aromatic nitrogens is 1. The van der Waals surface area contributed by atoms with Crippen LogP contribution in [0.3, 0.4) is 0 Å². The molecule has 0 radical (unpaired) electrons. The van der Waals surface area contributed by atoms with Crippen LogP contribution in [0.15, 0.2) is 23.6 Å². The summed E-state index contributed by atoms with van der Waals surface area (Å²) in [5.41, 5.74) is 1.61. The number of anilines is 2. The summed E-state index contributed by atoms with van der Waals surface area (Å²) in [6, 6.07) is 4.55. The lowest BCUT2D eigenvalue weighted by molar-refractivity contribution is -0.117. The Balaban J connectivity index is 1.65. The number of carbonyl (C=O) groups is 2. The molecular weight excluding hydrogens is 317 g/mol. The zero-order chi connectivity index (χ0) is 16.4. The molecule has 1 aliphatic heterocycles. The first-order valence-corrected chi connectivity index (χ1v) is 8.21. The summed E-state index contributed by atoms with van der Waals surface area (Å²) in [5.74, 6) is -0.734. The minimum absolute atomic E-state index is 0.0475. The third-order valence-corrected chi connectivity index (χ3v) is 4.49. The fraction of sp³-hybridized carbons (Fsp3) is 0.312. The fourth-order valence-electron chi connectivity index (χ4n) is 2.45. The van der Waals surface area contributed by atoms with E-state index < -0.39 is 5.82 Å². The van der Waals surface area contributed by atoms with E-state index >= 15 is 0 Å². The van der Waals surface area contributed by atoms with Gasteiger partial charge in [-0.05, 0) is 31.0 Å². The molecule has 0 spiro atoms. The van der Waals surface area contributed by atoms with E-state index in [1.165, 1.54) is 17.4 Å². The van der Waals surface area contributed by atoms with Crippen LogP contribution in [-0.2, 0) is 16.0 Å². The molecule has 1 saturated heterocycles. The maximum Gasteiger partial charge on any atom is 0.230 e. The van der Waals surface area contributed by atoms with Gasteiger partial charge in [-0.2, -0.15) is 0 Å². The third-order valence-electron chi connectivity index (χ3n) is 3.58. The zero-order valence-corrected chi connectivity index (χ0v) is 13.5. The zero-order valence-electron chi connectivity index (χ0n) is 12.6. The Kier molecular flexibility index (Phi) is 4.38. The molecule has 5 nitrogen and oxygen atoms in total. The van der Waals surface area contributed by atoms with Crippen LogP contribution in [0.25, 0.3) is 0 Å². The molecule has 2 aromatic rings. The van der Waals surface area contributed by atoms with Gasteiger partial charge in [0.2, 0.25) is 11.8 Å². The number of nitrogens with zero attached hydrogens (tertiary/aromatic N) is 2. The maximum atomic E-state index is 13.6. The van der Waals surface area contributed by atoms with Crippen LogP contribution in [0.5, 0.6) is 0 Å². The summed E-state index contributed by atoms with van der Waals surface area (Å²) in [7, 11) is 0. The molecule has 2 amide bonds. The van der Waals surface area contributed by atoms with Gasteiger partial charge in [0.05, 0.1) is 17.8 Å². The molecule has 0 bridgehead atoms. The minimum Gasteiger partial charge on any atom is -0.323 e. The van der Waals surface area contributed by atoms with Crippen molar-refractivity contribution >= 4 is 34.0 Å². The number of hydrogen-bond acceptors (Lipinski definition) is 4. The van der Waals surface area contributed by atoms with Crippen molar-refractivity contribution in [2.24, 2.45) is 0 Å².